The normalized spacial score (nSPS) is 16.4. The highest BCUT2D eigenvalue weighted by Gasteiger charge is 2.18. The number of hydrogen-bond acceptors (Lipinski definition) is 3. The summed E-state index contributed by atoms with van der Waals surface area (Å²) in [6.45, 7) is 1.96. The molecule has 0 atom stereocenters. The van der Waals surface area contributed by atoms with E-state index in [-0.39, 0.29) is 0 Å². The minimum atomic E-state index is 0.693. The number of nitrogens with one attached hydrogen (secondary N) is 1. The summed E-state index contributed by atoms with van der Waals surface area (Å²) in [5.74, 6) is 0. The van der Waals surface area contributed by atoms with Crippen LogP contribution >= 0.6 is 11.6 Å². The summed E-state index contributed by atoms with van der Waals surface area (Å²) in [6, 6.07) is 6.36. The van der Waals surface area contributed by atoms with Crippen LogP contribution in [0.5, 0.6) is 0 Å². The molecule has 1 aliphatic rings. The second-order valence-corrected chi connectivity index (χ2v) is 5.49. The molecule has 0 heterocycles. The Morgan fingerprint density at radius 2 is 2.11 bits per heavy atom. The quantitative estimate of drug-likeness (QED) is 0.805. The van der Waals surface area contributed by atoms with Gasteiger partial charge in [-0.25, -0.2) is 0 Å². The highest BCUT2D eigenvalue weighted by molar-refractivity contribution is 6.33. The maximum Gasteiger partial charge on any atom is 0.0657 e. The largest absolute Gasteiger partial charge is 0.399 e. The molecule has 1 fully saturated rings. The topological polar surface area (TPSA) is 41.3 Å². The minimum absolute atomic E-state index is 0.693. The van der Waals surface area contributed by atoms with Gasteiger partial charge in [-0.3, -0.25) is 0 Å². The fraction of sp³-hybridized carbons (Fsp3) is 0.571. The van der Waals surface area contributed by atoms with Crippen LogP contribution < -0.4 is 11.1 Å². The third-order valence-electron chi connectivity index (χ3n) is 3.72. The molecule has 0 spiro atoms. The Labute approximate surface area is 114 Å². The van der Waals surface area contributed by atoms with Crippen molar-refractivity contribution in [3.05, 3.63) is 23.2 Å². The van der Waals surface area contributed by atoms with Crippen LogP contribution in [-0.4, -0.2) is 31.1 Å². The van der Waals surface area contributed by atoms with E-state index in [4.69, 9.17) is 17.3 Å². The standard InChI is InChI=1S/C14H22ClN3/c1-18(12-4-2-3-5-12)9-8-17-14-7-6-11(16)10-13(14)15/h6-7,10,12,17H,2-5,8-9,16H2,1H3. The molecule has 1 aliphatic carbocycles. The number of nitrogens with two attached hydrogens (primary N) is 1. The number of nitrogens with zero attached hydrogens (tertiary/aromatic N) is 1. The lowest BCUT2D eigenvalue weighted by molar-refractivity contribution is 0.254. The molecule has 1 aromatic rings. The molecule has 3 N–H and O–H groups in total. The van der Waals surface area contributed by atoms with Gasteiger partial charge in [0.15, 0.2) is 0 Å². The smallest absolute Gasteiger partial charge is 0.0657 e. The Hall–Kier alpha value is -0.930. The predicted octanol–water partition coefficient (Wildman–Crippen LogP) is 3.21. The third kappa shape index (κ3) is 3.53. The van der Waals surface area contributed by atoms with E-state index in [1.54, 1.807) is 6.07 Å². The van der Waals surface area contributed by atoms with Crippen molar-refractivity contribution >= 4 is 23.0 Å². The van der Waals surface area contributed by atoms with Crippen LogP contribution in [0.4, 0.5) is 11.4 Å². The van der Waals surface area contributed by atoms with Crippen LogP contribution in [0, 0.1) is 0 Å². The molecule has 1 saturated carbocycles. The van der Waals surface area contributed by atoms with Gasteiger partial charge in [-0.1, -0.05) is 24.4 Å². The van der Waals surface area contributed by atoms with Crippen molar-refractivity contribution in [3.8, 4) is 0 Å². The molecular weight excluding hydrogens is 246 g/mol. The number of halogens is 1. The number of benzene rings is 1. The van der Waals surface area contributed by atoms with E-state index in [0.717, 1.165) is 24.8 Å². The van der Waals surface area contributed by atoms with Crippen molar-refractivity contribution in [1.29, 1.82) is 0 Å². The Bertz CT molecular complexity index is 389. The first-order valence-electron chi connectivity index (χ1n) is 6.66. The minimum Gasteiger partial charge on any atom is -0.399 e. The van der Waals surface area contributed by atoms with Crippen LogP contribution in [0.1, 0.15) is 25.7 Å². The summed E-state index contributed by atoms with van der Waals surface area (Å²) in [5.41, 5.74) is 7.33. The van der Waals surface area contributed by atoms with Gasteiger partial charge in [-0.2, -0.15) is 0 Å². The summed E-state index contributed by atoms with van der Waals surface area (Å²) < 4.78 is 0. The number of hydrogen-bond donors (Lipinski definition) is 2. The number of likely N-dealkylation sites (N-methyl/N-ethyl adjacent to an activating group) is 1. The van der Waals surface area contributed by atoms with E-state index in [2.05, 4.69) is 17.3 Å². The molecule has 2 rings (SSSR count). The van der Waals surface area contributed by atoms with Gasteiger partial charge in [0.05, 0.1) is 10.7 Å². The van der Waals surface area contributed by atoms with Crippen molar-refractivity contribution < 1.29 is 0 Å². The molecule has 0 aliphatic heterocycles. The van der Waals surface area contributed by atoms with E-state index < -0.39 is 0 Å². The van der Waals surface area contributed by atoms with Gasteiger partial charge >= 0.3 is 0 Å². The van der Waals surface area contributed by atoms with Crippen LogP contribution in [0.25, 0.3) is 0 Å². The zero-order valence-corrected chi connectivity index (χ0v) is 11.7. The predicted molar refractivity (Wildman–Crippen MR) is 79.2 cm³/mol. The molecular formula is C14H22ClN3. The summed E-state index contributed by atoms with van der Waals surface area (Å²) in [6.07, 6.45) is 5.46. The lowest BCUT2D eigenvalue weighted by Gasteiger charge is -2.24. The average Bonchev–Trinajstić information content (AvgIpc) is 2.85. The fourth-order valence-electron chi connectivity index (χ4n) is 2.57. The van der Waals surface area contributed by atoms with Gasteiger partial charge in [0.1, 0.15) is 0 Å². The molecule has 0 radical (unpaired) electrons. The average molecular weight is 268 g/mol. The molecule has 0 saturated heterocycles. The monoisotopic (exact) mass is 267 g/mol. The lowest BCUT2D eigenvalue weighted by atomic mass is 10.2. The van der Waals surface area contributed by atoms with Crippen molar-refractivity contribution in [3.63, 3.8) is 0 Å². The Kier molecular flexibility index (Phi) is 4.72. The molecule has 0 unspecified atom stereocenters. The van der Waals surface area contributed by atoms with Gasteiger partial charge in [0, 0.05) is 24.8 Å². The highest BCUT2D eigenvalue weighted by Crippen LogP contribution is 2.24. The van der Waals surface area contributed by atoms with Crippen LogP contribution in [-0.2, 0) is 0 Å². The highest BCUT2D eigenvalue weighted by atomic mass is 35.5. The molecule has 0 bridgehead atoms. The third-order valence-corrected chi connectivity index (χ3v) is 4.03. The summed E-state index contributed by atoms with van der Waals surface area (Å²) in [7, 11) is 2.21. The summed E-state index contributed by atoms with van der Waals surface area (Å²) >= 11 is 6.12. The molecule has 0 aromatic heterocycles. The zero-order chi connectivity index (χ0) is 13.0. The Morgan fingerprint density at radius 1 is 1.39 bits per heavy atom. The maximum absolute atomic E-state index is 6.12. The Balaban J connectivity index is 1.77. The van der Waals surface area contributed by atoms with Gasteiger partial charge in [-0.15, -0.1) is 0 Å². The van der Waals surface area contributed by atoms with Gasteiger partial charge in [0.2, 0.25) is 0 Å². The molecule has 1 aromatic carbocycles. The Morgan fingerprint density at radius 3 is 2.78 bits per heavy atom. The van der Waals surface area contributed by atoms with E-state index in [9.17, 15) is 0 Å². The van der Waals surface area contributed by atoms with Crippen molar-refractivity contribution in [2.45, 2.75) is 31.7 Å². The first-order valence-corrected chi connectivity index (χ1v) is 7.04. The van der Waals surface area contributed by atoms with E-state index >= 15 is 0 Å². The molecule has 0 amide bonds. The second kappa shape index (κ2) is 6.30. The second-order valence-electron chi connectivity index (χ2n) is 5.08. The van der Waals surface area contributed by atoms with Gasteiger partial charge in [0.25, 0.3) is 0 Å². The molecule has 4 heteroatoms. The van der Waals surface area contributed by atoms with Crippen LogP contribution in [0.3, 0.4) is 0 Å². The van der Waals surface area contributed by atoms with E-state index in [0.29, 0.717) is 10.7 Å². The van der Waals surface area contributed by atoms with Gasteiger partial charge < -0.3 is 16.0 Å². The number of rotatable bonds is 5. The lowest BCUT2D eigenvalue weighted by Crippen LogP contribution is -2.33. The first kappa shape index (κ1) is 13.5. The van der Waals surface area contributed by atoms with Crippen molar-refractivity contribution in [1.82, 2.24) is 4.90 Å². The fourth-order valence-corrected chi connectivity index (χ4v) is 2.83. The first-order chi connectivity index (χ1) is 8.66. The number of nitrogen functional groups attached to an aromatic ring is 1. The summed E-state index contributed by atoms with van der Waals surface area (Å²) in [4.78, 5) is 2.45. The summed E-state index contributed by atoms with van der Waals surface area (Å²) in [5, 5.41) is 4.06. The van der Waals surface area contributed by atoms with Crippen LogP contribution in [0.15, 0.2) is 18.2 Å². The molecule has 100 valence electrons. The van der Waals surface area contributed by atoms with E-state index in [1.165, 1.54) is 25.7 Å². The number of anilines is 2. The van der Waals surface area contributed by atoms with Crippen molar-refractivity contribution in [2.75, 3.05) is 31.2 Å². The van der Waals surface area contributed by atoms with Crippen molar-refractivity contribution in [2.24, 2.45) is 0 Å². The SMILES string of the molecule is CN(CCNc1ccc(N)cc1Cl)C1CCCC1. The van der Waals surface area contributed by atoms with Gasteiger partial charge in [-0.05, 0) is 38.1 Å². The van der Waals surface area contributed by atoms with Crippen LogP contribution in [0.2, 0.25) is 5.02 Å². The zero-order valence-electron chi connectivity index (χ0n) is 11.0. The molecule has 18 heavy (non-hydrogen) atoms. The maximum atomic E-state index is 6.12. The molecule has 3 nitrogen and oxygen atoms in total. The van der Waals surface area contributed by atoms with E-state index in [1.807, 2.05) is 12.1 Å².